The Morgan fingerprint density at radius 2 is 1.53 bits per heavy atom. The molecule has 0 radical (unpaired) electrons. The number of anilines is 1. The average Bonchev–Trinajstić information content (AvgIpc) is 2.78. The van der Waals surface area contributed by atoms with Gasteiger partial charge in [0.25, 0.3) is 17.5 Å². The highest BCUT2D eigenvalue weighted by atomic mass is 16.6. The zero-order valence-electron chi connectivity index (χ0n) is 19.6. The molecule has 0 saturated carbocycles. The summed E-state index contributed by atoms with van der Waals surface area (Å²) in [5.74, 6) is -0.811. The molecule has 176 valence electrons. The first-order chi connectivity index (χ1) is 16.1. The molecule has 2 amide bonds. The van der Waals surface area contributed by atoms with Crippen molar-refractivity contribution in [2.24, 2.45) is 0 Å². The Hall–Kier alpha value is -4.20. The van der Waals surface area contributed by atoms with E-state index in [0.717, 1.165) is 22.3 Å². The zero-order chi connectivity index (χ0) is 24.8. The molecule has 0 bridgehead atoms. The van der Waals surface area contributed by atoms with Gasteiger partial charge in [-0.3, -0.25) is 30.6 Å². The number of amides is 2. The molecule has 0 unspecified atom stereocenters. The molecule has 34 heavy (non-hydrogen) atoms. The number of carbonyl (C=O) groups excluding carboxylic acids is 2. The van der Waals surface area contributed by atoms with E-state index in [1.54, 1.807) is 24.3 Å². The van der Waals surface area contributed by atoms with E-state index in [9.17, 15) is 19.7 Å². The first kappa shape index (κ1) is 24.4. The van der Waals surface area contributed by atoms with Gasteiger partial charge in [0.2, 0.25) is 0 Å². The maximum absolute atomic E-state index is 13.1. The highest BCUT2D eigenvalue weighted by Gasteiger charge is 2.23. The summed E-state index contributed by atoms with van der Waals surface area (Å²) in [6.45, 7) is 7.78. The van der Waals surface area contributed by atoms with Crippen LogP contribution in [-0.2, 0) is 11.2 Å². The van der Waals surface area contributed by atoms with Gasteiger partial charge in [0.1, 0.15) is 6.04 Å². The quantitative estimate of drug-likeness (QED) is 0.342. The number of nitro groups is 1. The predicted molar refractivity (Wildman–Crippen MR) is 132 cm³/mol. The first-order valence-corrected chi connectivity index (χ1v) is 10.9. The Balaban J connectivity index is 1.79. The Bertz CT molecular complexity index is 1200. The van der Waals surface area contributed by atoms with Crippen molar-refractivity contribution in [1.82, 2.24) is 10.7 Å². The third kappa shape index (κ3) is 6.41. The molecule has 3 aromatic rings. The van der Waals surface area contributed by atoms with Gasteiger partial charge >= 0.3 is 0 Å². The molecule has 0 aliphatic carbocycles. The monoisotopic (exact) mass is 460 g/mol. The molecular formula is C26H28N4O4. The molecule has 3 rings (SSSR count). The molecule has 0 aromatic heterocycles. The molecule has 0 aliphatic rings. The summed E-state index contributed by atoms with van der Waals surface area (Å²) >= 11 is 0. The van der Waals surface area contributed by atoms with Crippen LogP contribution in [0.15, 0.2) is 60.7 Å². The largest absolute Gasteiger partial charge is 0.340 e. The van der Waals surface area contributed by atoms with E-state index < -0.39 is 16.9 Å². The van der Waals surface area contributed by atoms with Crippen LogP contribution >= 0.6 is 0 Å². The summed E-state index contributed by atoms with van der Waals surface area (Å²) in [5, 5.41) is 13.7. The second kappa shape index (κ2) is 10.6. The number of nitro benzene ring substituents is 1. The number of hydrogen-bond acceptors (Lipinski definition) is 5. The number of aryl methyl sites for hydroxylation is 4. The fraction of sp³-hybridized carbons (Fsp3) is 0.231. The van der Waals surface area contributed by atoms with Gasteiger partial charge in [-0.2, -0.15) is 0 Å². The van der Waals surface area contributed by atoms with Gasteiger partial charge in [-0.25, -0.2) is 0 Å². The van der Waals surface area contributed by atoms with E-state index in [0.29, 0.717) is 16.8 Å². The third-order valence-corrected chi connectivity index (χ3v) is 5.53. The van der Waals surface area contributed by atoms with Crippen LogP contribution in [0.25, 0.3) is 0 Å². The molecular weight excluding hydrogens is 432 g/mol. The first-order valence-electron chi connectivity index (χ1n) is 10.9. The number of rotatable bonds is 8. The maximum Gasteiger partial charge on any atom is 0.269 e. The van der Waals surface area contributed by atoms with Crippen LogP contribution in [0.4, 0.5) is 11.4 Å². The van der Waals surface area contributed by atoms with Gasteiger partial charge in [0.05, 0.1) is 10.6 Å². The summed E-state index contributed by atoms with van der Waals surface area (Å²) in [6, 6.07) is 16.2. The fourth-order valence-electron chi connectivity index (χ4n) is 3.59. The van der Waals surface area contributed by atoms with Crippen molar-refractivity contribution in [3.63, 3.8) is 0 Å². The Labute approximate surface area is 198 Å². The number of hydrazine groups is 1. The molecule has 0 saturated heterocycles. The number of nitrogens with one attached hydrogen (secondary N) is 3. The lowest BCUT2D eigenvalue weighted by Gasteiger charge is -2.20. The number of nitrogens with zero attached hydrogens (tertiary/aromatic N) is 1. The van der Waals surface area contributed by atoms with Crippen LogP contribution in [0.5, 0.6) is 0 Å². The van der Waals surface area contributed by atoms with Crippen LogP contribution in [0.1, 0.15) is 38.2 Å². The maximum atomic E-state index is 13.1. The summed E-state index contributed by atoms with van der Waals surface area (Å²) in [7, 11) is 0. The molecule has 3 aromatic carbocycles. The van der Waals surface area contributed by atoms with Crippen molar-refractivity contribution in [1.29, 1.82) is 0 Å². The van der Waals surface area contributed by atoms with Crippen LogP contribution < -0.4 is 16.2 Å². The van der Waals surface area contributed by atoms with E-state index in [-0.39, 0.29) is 18.0 Å². The van der Waals surface area contributed by atoms with Crippen molar-refractivity contribution in [3.8, 4) is 0 Å². The number of non-ortho nitro benzene ring substituents is 1. The van der Waals surface area contributed by atoms with Gasteiger partial charge in [-0.05, 0) is 68.7 Å². The predicted octanol–water partition coefficient (Wildman–Crippen LogP) is 4.31. The Morgan fingerprint density at radius 3 is 2.12 bits per heavy atom. The summed E-state index contributed by atoms with van der Waals surface area (Å²) < 4.78 is 0. The Kier molecular flexibility index (Phi) is 7.63. The molecule has 0 fully saturated rings. The molecule has 0 aliphatic heterocycles. The Morgan fingerprint density at radius 1 is 0.882 bits per heavy atom. The lowest BCUT2D eigenvalue weighted by molar-refractivity contribution is -0.384. The second-order valence-corrected chi connectivity index (χ2v) is 8.44. The SMILES string of the molecule is Cc1cc(C)cc(C(=O)N[C@@H](Cc2ccc([N+](=O)[O-])cc2)C(=O)NNc2ccc(C)c(C)c2)c1. The van der Waals surface area contributed by atoms with Gasteiger partial charge in [-0.1, -0.05) is 35.4 Å². The van der Waals surface area contributed by atoms with Crippen molar-refractivity contribution >= 4 is 23.2 Å². The van der Waals surface area contributed by atoms with E-state index in [4.69, 9.17) is 0 Å². The lowest BCUT2D eigenvalue weighted by atomic mass is 10.0. The lowest BCUT2D eigenvalue weighted by Crippen LogP contribution is -2.49. The standard InChI is InChI=1S/C26H28N4O4/c1-16-11-17(2)13-21(12-16)25(31)27-24(15-20-6-9-23(10-7-20)30(33)34)26(32)29-28-22-8-5-18(3)19(4)14-22/h5-14,24,28H,15H2,1-4H3,(H,27,31)(H,29,32)/t24-/m0/s1. The minimum Gasteiger partial charge on any atom is -0.340 e. The van der Waals surface area contributed by atoms with Gasteiger partial charge in [-0.15, -0.1) is 0 Å². The average molecular weight is 461 g/mol. The normalized spacial score (nSPS) is 11.4. The second-order valence-electron chi connectivity index (χ2n) is 8.44. The smallest absolute Gasteiger partial charge is 0.269 e. The fourth-order valence-corrected chi connectivity index (χ4v) is 3.59. The number of benzene rings is 3. The van der Waals surface area contributed by atoms with E-state index >= 15 is 0 Å². The number of hydrogen-bond donors (Lipinski definition) is 3. The van der Waals surface area contributed by atoms with Crippen molar-refractivity contribution in [2.45, 2.75) is 40.2 Å². The molecule has 1 atom stereocenters. The van der Waals surface area contributed by atoms with Gasteiger partial charge in [0.15, 0.2) is 0 Å². The highest BCUT2D eigenvalue weighted by Crippen LogP contribution is 2.16. The molecule has 8 heteroatoms. The van der Waals surface area contributed by atoms with Gasteiger partial charge < -0.3 is 5.32 Å². The van der Waals surface area contributed by atoms with Gasteiger partial charge in [0, 0.05) is 24.1 Å². The van der Waals surface area contributed by atoms with Crippen LogP contribution in [-0.4, -0.2) is 22.8 Å². The minimum absolute atomic E-state index is 0.0413. The molecule has 3 N–H and O–H groups in total. The highest BCUT2D eigenvalue weighted by molar-refractivity contribution is 5.98. The topological polar surface area (TPSA) is 113 Å². The molecule has 0 heterocycles. The van der Waals surface area contributed by atoms with E-state index in [1.807, 2.05) is 52.0 Å². The van der Waals surface area contributed by atoms with Crippen molar-refractivity contribution in [2.75, 3.05) is 5.43 Å². The van der Waals surface area contributed by atoms with Crippen molar-refractivity contribution in [3.05, 3.63) is 104 Å². The summed E-state index contributed by atoms with van der Waals surface area (Å²) in [5.41, 5.74) is 11.5. The minimum atomic E-state index is -0.909. The molecule has 8 nitrogen and oxygen atoms in total. The van der Waals surface area contributed by atoms with Crippen LogP contribution in [0.2, 0.25) is 0 Å². The van der Waals surface area contributed by atoms with Crippen molar-refractivity contribution < 1.29 is 14.5 Å². The zero-order valence-corrected chi connectivity index (χ0v) is 19.6. The third-order valence-electron chi connectivity index (χ3n) is 5.53. The molecule has 0 spiro atoms. The number of carbonyl (C=O) groups is 2. The van der Waals surface area contributed by atoms with E-state index in [1.165, 1.54) is 12.1 Å². The van der Waals surface area contributed by atoms with Crippen LogP contribution in [0.3, 0.4) is 0 Å². The van der Waals surface area contributed by atoms with E-state index in [2.05, 4.69) is 16.2 Å². The van der Waals surface area contributed by atoms with Crippen LogP contribution in [0, 0.1) is 37.8 Å². The summed E-state index contributed by atoms with van der Waals surface area (Å²) in [6.07, 6.45) is 0.162. The summed E-state index contributed by atoms with van der Waals surface area (Å²) in [4.78, 5) is 36.5.